The number of hydrogen-bond donors (Lipinski definition) is 1. The molecule has 7 nitrogen and oxygen atoms in total. The van der Waals surface area contributed by atoms with E-state index in [1.807, 2.05) is 0 Å². The maximum absolute atomic E-state index is 13.1. The number of carbonyl (C=O) groups excluding carboxylic acids is 2. The first-order valence-electron chi connectivity index (χ1n) is 8.68. The molecule has 144 valence electrons. The normalized spacial score (nSPS) is 26.5. The van der Waals surface area contributed by atoms with Crippen molar-refractivity contribution in [3.8, 4) is 0 Å². The molecule has 1 aromatic carbocycles. The molecule has 10 heteroatoms. The first kappa shape index (κ1) is 22.2. The molecule has 0 spiro atoms. The van der Waals surface area contributed by atoms with Crippen LogP contribution in [0.15, 0.2) is 24.3 Å². The number of nitrogens with zero attached hydrogens (tertiary/aromatic N) is 3. The third-order valence-corrected chi connectivity index (χ3v) is 6.89. The van der Waals surface area contributed by atoms with Crippen LogP contribution in [0.2, 0.25) is 0 Å². The predicted molar refractivity (Wildman–Crippen MR) is 95.3 cm³/mol. The molecule has 0 aliphatic carbocycles. The number of rotatable bonds is 5. The number of aliphatic hydroxyl groups is 1. The van der Waals surface area contributed by atoms with Crippen LogP contribution in [-0.2, 0) is 16.1 Å². The molecule has 2 saturated heterocycles. The van der Waals surface area contributed by atoms with E-state index in [9.17, 15) is 24.2 Å². The fourth-order valence-electron chi connectivity index (χ4n) is 4.11. The number of aromatic nitrogens is 2. The Hall–Kier alpha value is -0.494. The van der Waals surface area contributed by atoms with Crippen LogP contribution < -0.4 is 56.5 Å². The number of halogens is 1. The van der Waals surface area contributed by atoms with Gasteiger partial charge in [-0.25, -0.2) is 9.37 Å². The number of carboxylic acids is 1. The molecule has 2 aliphatic rings. The van der Waals surface area contributed by atoms with Crippen molar-refractivity contribution in [1.82, 2.24) is 14.5 Å². The van der Waals surface area contributed by atoms with E-state index in [1.54, 1.807) is 42.7 Å². The number of carboxylic acid groups (broad SMARTS) is 1. The number of thioether (sulfide) groups is 1. The summed E-state index contributed by atoms with van der Waals surface area (Å²) in [5, 5.41) is 22.0. The molecule has 1 amide bonds. The van der Waals surface area contributed by atoms with E-state index in [-0.39, 0.29) is 63.8 Å². The zero-order valence-corrected chi connectivity index (χ0v) is 19.8. The minimum absolute atomic E-state index is 0. The Morgan fingerprint density at radius 1 is 1.43 bits per heavy atom. The number of amides is 1. The number of fused-ring (bicyclic) bond motifs is 2. The summed E-state index contributed by atoms with van der Waals surface area (Å²) in [7, 11) is 0. The summed E-state index contributed by atoms with van der Waals surface area (Å²) in [4.78, 5) is 29.9. The molecule has 0 bridgehead atoms. The second-order valence-corrected chi connectivity index (χ2v) is 9.12. The topological polar surface area (TPSA) is 98.5 Å². The second kappa shape index (κ2) is 7.97. The fourth-order valence-corrected chi connectivity index (χ4v) is 5.83. The number of imidazole rings is 1. The van der Waals surface area contributed by atoms with E-state index in [1.165, 1.54) is 16.7 Å². The van der Waals surface area contributed by atoms with Crippen LogP contribution in [0.25, 0.3) is 11.0 Å². The average molecular weight is 432 g/mol. The van der Waals surface area contributed by atoms with Crippen molar-refractivity contribution < 1.29 is 75.6 Å². The smallest absolute Gasteiger partial charge is 0.548 e. The Kier molecular flexibility index (Phi) is 6.32. The maximum Gasteiger partial charge on any atom is 1.00 e. The van der Waals surface area contributed by atoms with Gasteiger partial charge >= 0.3 is 51.4 Å². The van der Waals surface area contributed by atoms with Gasteiger partial charge in [0.1, 0.15) is 24.5 Å². The molecular weight excluding hydrogens is 412 g/mol. The summed E-state index contributed by atoms with van der Waals surface area (Å²) >= 11 is 1.33. The minimum atomic E-state index is -1.30. The average Bonchev–Trinajstić information content (AvgIpc) is 3.08. The van der Waals surface area contributed by atoms with Gasteiger partial charge in [-0.05, 0) is 26.0 Å². The maximum atomic E-state index is 13.1. The molecule has 2 aromatic rings. The number of aryl methyl sites for hydroxylation is 1. The molecule has 3 heterocycles. The van der Waals surface area contributed by atoms with Crippen molar-refractivity contribution in [2.24, 2.45) is 5.92 Å². The van der Waals surface area contributed by atoms with E-state index in [0.717, 1.165) is 0 Å². The van der Waals surface area contributed by atoms with E-state index in [0.29, 0.717) is 11.0 Å². The molecule has 4 atom stereocenters. The van der Waals surface area contributed by atoms with Gasteiger partial charge in [0.25, 0.3) is 0 Å². The summed E-state index contributed by atoms with van der Waals surface area (Å²) in [6.45, 7) is 2.86. The first-order chi connectivity index (χ1) is 12.8. The molecule has 0 unspecified atom stereocenters. The molecule has 1 aromatic heterocycles. The number of aliphatic hydroxyl groups excluding tert-OH is 1. The predicted octanol–water partition coefficient (Wildman–Crippen LogP) is -2.53. The van der Waals surface area contributed by atoms with Crippen LogP contribution in [0, 0.1) is 5.92 Å². The van der Waals surface area contributed by atoms with E-state index in [4.69, 9.17) is 0 Å². The number of benzene rings is 1. The first-order valence-corrected chi connectivity index (χ1v) is 9.56. The Morgan fingerprint density at radius 3 is 2.75 bits per heavy atom. The number of β-lactam (4-membered cyclic amide) rings is 1. The van der Waals surface area contributed by atoms with Crippen LogP contribution >= 0.6 is 11.8 Å². The van der Waals surface area contributed by atoms with Crippen LogP contribution in [0.4, 0.5) is 4.39 Å². The standard InChI is InChI=1S/C18H20FN3O4S.K/c1-18(2)13(17(25)26)22-15(24)11(16(22)27-18)12(23)14-20-9-5-3-4-6-10(9)21(14)8-7-19;/h3-6,11-13,16,23H,7-8H2,1-2H3,(H,25,26);/q;+1/p-1/t11-,12+,13+,16-;/m1./s1. The third-order valence-electron chi connectivity index (χ3n) is 5.30. The molecule has 1 N–H and O–H groups in total. The zero-order valence-electron chi connectivity index (χ0n) is 15.8. The van der Waals surface area contributed by atoms with Gasteiger partial charge in [-0.1, -0.05) is 12.1 Å². The van der Waals surface area contributed by atoms with E-state index < -0.39 is 46.7 Å². The molecular formula is C18H19FKN3O4S. The Balaban J connectivity index is 0.00000225. The number of alkyl halides is 1. The van der Waals surface area contributed by atoms with Gasteiger partial charge < -0.3 is 24.5 Å². The van der Waals surface area contributed by atoms with Gasteiger partial charge in [0.15, 0.2) is 0 Å². The van der Waals surface area contributed by atoms with Crippen LogP contribution in [0.3, 0.4) is 0 Å². The fraction of sp³-hybridized carbons (Fsp3) is 0.500. The van der Waals surface area contributed by atoms with E-state index >= 15 is 0 Å². The van der Waals surface area contributed by atoms with Crippen LogP contribution in [-0.4, -0.2) is 54.3 Å². The van der Waals surface area contributed by atoms with Gasteiger partial charge in [0.05, 0.1) is 35.0 Å². The Morgan fingerprint density at radius 2 is 2.11 bits per heavy atom. The quantitative estimate of drug-likeness (QED) is 0.414. The molecule has 28 heavy (non-hydrogen) atoms. The number of para-hydroxylation sites is 2. The van der Waals surface area contributed by atoms with Crippen molar-refractivity contribution >= 4 is 34.7 Å². The van der Waals surface area contributed by atoms with Crippen molar-refractivity contribution in [1.29, 1.82) is 0 Å². The number of aliphatic carboxylic acids is 1. The molecule has 0 saturated carbocycles. The largest absolute Gasteiger partial charge is 1.00 e. The number of hydrogen-bond acceptors (Lipinski definition) is 6. The monoisotopic (exact) mass is 431 g/mol. The van der Waals surface area contributed by atoms with Crippen molar-refractivity contribution in [2.45, 2.75) is 42.7 Å². The van der Waals surface area contributed by atoms with Gasteiger partial charge in [0, 0.05) is 4.75 Å². The van der Waals surface area contributed by atoms with E-state index in [2.05, 4.69) is 4.98 Å². The molecule has 2 fully saturated rings. The SMILES string of the molecule is CC1(C)S[C@@H]2[C@H]([C@H](O)c3nc4ccccc4n3CCF)C(=O)N2[C@H]1C(=O)[O-].[K+]. The zero-order chi connectivity index (χ0) is 19.5. The van der Waals surface area contributed by atoms with Crippen molar-refractivity contribution in [2.75, 3.05) is 6.67 Å². The van der Waals surface area contributed by atoms with Gasteiger partial charge in [-0.3, -0.25) is 4.79 Å². The molecule has 0 radical (unpaired) electrons. The molecule has 2 aliphatic heterocycles. The van der Waals surface area contributed by atoms with Gasteiger partial charge in [0.2, 0.25) is 5.91 Å². The van der Waals surface area contributed by atoms with Gasteiger partial charge in [-0.2, -0.15) is 0 Å². The summed E-state index contributed by atoms with van der Waals surface area (Å²) in [5.41, 5.74) is 1.29. The second-order valence-electron chi connectivity index (χ2n) is 7.35. The Labute approximate surface area is 208 Å². The third kappa shape index (κ3) is 3.26. The minimum Gasteiger partial charge on any atom is -0.548 e. The van der Waals surface area contributed by atoms with Gasteiger partial charge in [-0.15, -0.1) is 11.8 Å². The summed E-state index contributed by atoms with van der Waals surface area (Å²) in [5.74, 6) is -2.35. The van der Waals surface area contributed by atoms with Crippen molar-refractivity contribution in [3.63, 3.8) is 0 Å². The summed E-state index contributed by atoms with van der Waals surface area (Å²) in [6.07, 6.45) is -1.25. The Bertz CT molecular complexity index is 937. The number of carbonyl (C=O) groups is 2. The van der Waals surface area contributed by atoms with Crippen LogP contribution in [0.5, 0.6) is 0 Å². The summed E-state index contributed by atoms with van der Waals surface area (Å²) < 4.78 is 13.9. The molecule has 4 rings (SSSR count). The summed E-state index contributed by atoms with van der Waals surface area (Å²) in [6, 6.07) is 6.08. The van der Waals surface area contributed by atoms with Crippen LogP contribution in [0.1, 0.15) is 25.8 Å². The van der Waals surface area contributed by atoms with Crippen molar-refractivity contribution in [3.05, 3.63) is 30.1 Å².